The molecule has 2 nitrogen and oxygen atoms in total. The summed E-state index contributed by atoms with van der Waals surface area (Å²) in [5.41, 5.74) is 26.6. The molecule has 75 heavy (non-hydrogen) atoms. The average Bonchev–Trinajstić information content (AvgIpc) is 4.32. The molecule has 1 aromatic heterocycles. The molecule has 0 unspecified atom stereocenters. The lowest BCUT2D eigenvalue weighted by Crippen LogP contribution is -2.26. The molecule has 1 spiro atoms. The third-order valence-electron chi connectivity index (χ3n) is 15.9. The maximum absolute atomic E-state index is 6.44. The first-order valence-electron chi connectivity index (χ1n) is 25.9. The Kier molecular flexibility index (Phi) is 9.83. The van der Waals surface area contributed by atoms with Gasteiger partial charge in [-0.2, -0.15) is 0 Å². The van der Waals surface area contributed by atoms with Crippen molar-refractivity contribution in [1.82, 2.24) is 0 Å². The minimum absolute atomic E-state index is 0.565. The van der Waals surface area contributed by atoms with Crippen LogP contribution >= 0.6 is 0 Å². The molecule has 2 aliphatic carbocycles. The number of hydrogen-bond acceptors (Lipinski definition) is 2. The van der Waals surface area contributed by atoms with Crippen LogP contribution in [0.3, 0.4) is 0 Å². The summed E-state index contributed by atoms with van der Waals surface area (Å²) in [4.78, 5) is 2.43. The summed E-state index contributed by atoms with van der Waals surface area (Å²) in [6, 6.07) is 105. The minimum atomic E-state index is -0.565. The van der Waals surface area contributed by atoms with Gasteiger partial charge in [-0.25, -0.2) is 0 Å². The normalized spacial score (nSPS) is 12.6. The zero-order valence-corrected chi connectivity index (χ0v) is 41.0. The van der Waals surface area contributed by atoms with Gasteiger partial charge in [-0.3, -0.25) is 0 Å². The fourth-order valence-corrected chi connectivity index (χ4v) is 12.4. The maximum atomic E-state index is 6.44. The number of anilines is 3. The quantitative estimate of drug-likeness (QED) is 0.151. The van der Waals surface area contributed by atoms with Crippen molar-refractivity contribution in [3.63, 3.8) is 0 Å². The molecule has 15 rings (SSSR count). The van der Waals surface area contributed by atoms with Gasteiger partial charge in [-0.15, -0.1) is 0 Å². The Morgan fingerprint density at radius 3 is 1.13 bits per heavy atom. The van der Waals surface area contributed by atoms with Crippen molar-refractivity contribution < 1.29 is 4.42 Å². The van der Waals surface area contributed by atoms with Gasteiger partial charge in [0.1, 0.15) is 11.2 Å². The average molecular weight is 954 g/mol. The second-order valence-corrected chi connectivity index (χ2v) is 20.0. The predicted molar refractivity (Wildman–Crippen MR) is 312 cm³/mol. The van der Waals surface area contributed by atoms with Gasteiger partial charge < -0.3 is 9.32 Å². The molecular formula is C73H47NO. The van der Waals surface area contributed by atoms with Gasteiger partial charge >= 0.3 is 0 Å². The number of rotatable bonds is 8. The zero-order chi connectivity index (χ0) is 49.5. The first-order chi connectivity index (χ1) is 37.2. The topological polar surface area (TPSA) is 16.4 Å². The van der Waals surface area contributed by atoms with E-state index in [1.165, 1.54) is 89.0 Å². The molecule has 13 aromatic rings. The van der Waals surface area contributed by atoms with Gasteiger partial charge in [-0.1, -0.05) is 224 Å². The number of nitrogens with zero attached hydrogens (tertiary/aromatic N) is 1. The van der Waals surface area contributed by atoms with Gasteiger partial charge in [0.15, 0.2) is 0 Å². The summed E-state index contributed by atoms with van der Waals surface area (Å²) in [7, 11) is 0. The molecule has 12 aromatic carbocycles. The summed E-state index contributed by atoms with van der Waals surface area (Å²) in [5.74, 6) is 0. The molecule has 2 heteroatoms. The first kappa shape index (κ1) is 42.9. The Bertz CT molecular complexity index is 4130. The van der Waals surface area contributed by atoms with Crippen LogP contribution in [-0.2, 0) is 5.41 Å². The zero-order valence-electron chi connectivity index (χ0n) is 41.0. The van der Waals surface area contributed by atoms with Crippen molar-refractivity contribution in [2.75, 3.05) is 4.90 Å². The fourth-order valence-electron chi connectivity index (χ4n) is 12.4. The van der Waals surface area contributed by atoms with Crippen LogP contribution in [0.15, 0.2) is 290 Å². The van der Waals surface area contributed by atoms with Crippen molar-refractivity contribution in [3.8, 4) is 77.9 Å². The molecule has 0 bridgehead atoms. The van der Waals surface area contributed by atoms with E-state index < -0.39 is 5.41 Å². The Labute approximate surface area is 436 Å². The lowest BCUT2D eigenvalue weighted by Gasteiger charge is -2.32. The van der Waals surface area contributed by atoms with Crippen LogP contribution in [-0.4, -0.2) is 0 Å². The molecule has 1 heterocycles. The molecule has 2 aliphatic rings. The Morgan fingerprint density at radius 1 is 0.227 bits per heavy atom. The standard InChI is InChI=1S/C73H47NO/c1-3-13-48(14-4-1)50-23-27-52(28-24-50)54-31-37-58(38-32-54)74(59-39-33-55(34-40-59)53-29-25-51(26-30-53)49-15-5-2-6-16-49)60-41-44-64-63-42-35-56(57-36-43-66-65-19-9-12-22-71(65)75-72(66)46-57)45-69(63)73(70(64)47-60)67-20-10-7-17-61(67)62-18-8-11-21-68(62)73/h1-47H. The summed E-state index contributed by atoms with van der Waals surface area (Å²) in [5, 5.41) is 2.27. The highest BCUT2D eigenvalue weighted by molar-refractivity contribution is 6.06. The Hall–Kier alpha value is -9.76. The predicted octanol–water partition coefficient (Wildman–Crippen LogP) is 19.7. The lowest BCUT2D eigenvalue weighted by molar-refractivity contribution is 0.669. The van der Waals surface area contributed by atoms with Crippen molar-refractivity contribution in [2.45, 2.75) is 5.41 Å². The second kappa shape index (κ2) is 17.2. The van der Waals surface area contributed by atoms with E-state index in [0.29, 0.717) is 0 Å². The van der Waals surface area contributed by atoms with Gasteiger partial charge in [-0.05, 0) is 161 Å². The molecule has 0 aliphatic heterocycles. The van der Waals surface area contributed by atoms with Crippen LogP contribution in [0.2, 0.25) is 0 Å². The van der Waals surface area contributed by atoms with Crippen LogP contribution in [0.5, 0.6) is 0 Å². The smallest absolute Gasteiger partial charge is 0.136 e. The van der Waals surface area contributed by atoms with Crippen LogP contribution in [0, 0.1) is 0 Å². The highest BCUT2D eigenvalue weighted by Crippen LogP contribution is 2.64. The van der Waals surface area contributed by atoms with Crippen LogP contribution in [0.1, 0.15) is 22.3 Å². The number of benzene rings is 12. The Balaban J connectivity index is 0.876. The molecule has 0 saturated carbocycles. The number of fused-ring (bicyclic) bond motifs is 13. The summed E-state index contributed by atoms with van der Waals surface area (Å²) < 4.78 is 6.44. The van der Waals surface area contributed by atoms with Crippen LogP contribution in [0.4, 0.5) is 17.1 Å². The first-order valence-corrected chi connectivity index (χ1v) is 25.9. The molecular weight excluding hydrogens is 907 g/mol. The SMILES string of the molecule is c1ccc(-c2ccc(-c3ccc(N(c4ccc(-c5ccc(-c6ccccc6)cc5)cc4)c4ccc5c(c4)C4(c6ccccc6-c6ccccc64)c4cc(-c6ccc7c(c6)oc6ccccc67)ccc4-5)cc3)cc2)cc1. The minimum Gasteiger partial charge on any atom is -0.456 e. The molecule has 0 amide bonds. The van der Waals surface area contributed by atoms with E-state index in [-0.39, 0.29) is 0 Å². The fraction of sp³-hybridized carbons (Fsp3) is 0.0137. The van der Waals surface area contributed by atoms with E-state index in [1.807, 2.05) is 6.07 Å². The number of furan rings is 1. The van der Waals surface area contributed by atoms with Crippen LogP contribution < -0.4 is 4.90 Å². The maximum Gasteiger partial charge on any atom is 0.136 e. The van der Waals surface area contributed by atoms with Gasteiger partial charge in [0, 0.05) is 27.8 Å². The highest BCUT2D eigenvalue weighted by atomic mass is 16.3. The van der Waals surface area contributed by atoms with E-state index in [4.69, 9.17) is 4.42 Å². The van der Waals surface area contributed by atoms with Crippen molar-refractivity contribution >= 4 is 39.0 Å². The van der Waals surface area contributed by atoms with E-state index in [1.54, 1.807) is 0 Å². The third kappa shape index (κ3) is 6.88. The third-order valence-corrected chi connectivity index (χ3v) is 15.9. The second-order valence-electron chi connectivity index (χ2n) is 20.0. The lowest BCUT2D eigenvalue weighted by atomic mass is 9.70. The van der Waals surface area contributed by atoms with E-state index in [2.05, 4.69) is 284 Å². The molecule has 0 fully saturated rings. The summed E-state index contributed by atoms with van der Waals surface area (Å²) in [6.07, 6.45) is 0. The highest BCUT2D eigenvalue weighted by Gasteiger charge is 2.52. The van der Waals surface area contributed by atoms with Crippen LogP contribution in [0.25, 0.3) is 99.8 Å². The van der Waals surface area contributed by atoms with E-state index in [9.17, 15) is 0 Å². The molecule has 0 saturated heterocycles. The monoisotopic (exact) mass is 953 g/mol. The Morgan fingerprint density at radius 2 is 0.587 bits per heavy atom. The van der Waals surface area contributed by atoms with Crippen molar-refractivity contribution in [3.05, 3.63) is 307 Å². The number of para-hydroxylation sites is 1. The number of hydrogen-bond donors (Lipinski definition) is 0. The van der Waals surface area contributed by atoms with Crippen molar-refractivity contribution in [1.29, 1.82) is 0 Å². The van der Waals surface area contributed by atoms with Crippen molar-refractivity contribution in [2.24, 2.45) is 0 Å². The van der Waals surface area contributed by atoms with Gasteiger partial charge in [0.25, 0.3) is 0 Å². The summed E-state index contributed by atoms with van der Waals surface area (Å²) >= 11 is 0. The largest absolute Gasteiger partial charge is 0.456 e. The van der Waals surface area contributed by atoms with Gasteiger partial charge in [0.2, 0.25) is 0 Å². The molecule has 0 atom stereocenters. The summed E-state index contributed by atoms with van der Waals surface area (Å²) in [6.45, 7) is 0. The molecule has 0 radical (unpaired) electrons. The molecule has 0 N–H and O–H groups in total. The van der Waals surface area contributed by atoms with Gasteiger partial charge in [0.05, 0.1) is 5.41 Å². The van der Waals surface area contributed by atoms with E-state index in [0.717, 1.165) is 50.1 Å². The van der Waals surface area contributed by atoms with E-state index >= 15 is 0 Å². The molecule has 350 valence electrons.